The fourth-order valence-corrected chi connectivity index (χ4v) is 2.49. The Kier molecular flexibility index (Phi) is 5.79. The van der Waals surface area contributed by atoms with E-state index < -0.39 is 5.97 Å². The summed E-state index contributed by atoms with van der Waals surface area (Å²) in [5, 5.41) is 0. The van der Waals surface area contributed by atoms with Crippen molar-refractivity contribution in [2.75, 3.05) is 7.11 Å². The minimum absolute atomic E-state index is 0.326. The zero-order valence-corrected chi connectivity index (χ0v) is 14.8. The van der Waals surface area contributed by atoms with Gasteiger partial charge in [-0.25, -0.2) is 14.6 Å². The van der Waals surface area contributed by atoms with Crippen LogP contribution in [0.1, 0.15) is 21.5 Å². The van der Waals surface area contributed by atoms with Crippen LogP contribution in [0.4, 0.5) is 0 Å². The lowest BCUT2D eigenvalue weighted by Crippen LogP contribution is -2.08. The van der Waals surface area contributed by atoms with Crippen LogP contribution in [0.15, 0.2) is 72.8 Å². The second-order valence-electron chi connectivity index (χ2n) is 5.91. The molecule has 0 saturated heterocycles. The molecule has 0 fully saturated rings. The number of hydrogen-bond donors (Lipinski definition) is 0. The minimum atomic E-state index is -0.396. The highest BCUT2D eigenvalue weighted by atomic mass is 17.2. The first-order valence-corrected chi connectivity index (χ1v) is 8.29. The van der Waals surface area contributed by atoms with E-state index in [1.807, 2.05) is 12.1 Å². The van der Waals surface area contributed by atoms with Gasteiger partial charge in [0.2, 0.25) is 0 Å². The Hall–Kier alpha value is -2.95. The molecule has 0 bridgehead atoms. The van der Waals surface area contributed by atoms with E-state index in [0.717, 1.165) is 16.7 Å². The number of carbonyl (C=O) groups is 1. The van der Waals surface area contributed by atoms with Gasteiger partial charge in [0.25, 0.3) is 0 Å². The molecule has 0 amide bonds. The molecule has 0 spiro atoms. The van der Waals surface area contributed by atoms with E-state index in [0.29, 0.717) is 17.9 Å². The summed E-state index contributed by atoms with van der Waals surface area (Å²) in [4.78, 5) is 21.7. The van der Waals surface area contributed by atoms with Gasteiger partial charge in [-0.05, 0) is 47.9 Å². The van der Waals surface area contributed by atoms with Crippen molar-refractivity contribution in [3.63, 3.8) is 0 Å². The van der Waals surface area contributed by atoms with Crippen molar-refractivity contribution in [3.05, 3.63) is 89.5 Å². The van der Waals surface area contributed by atoms with Gasteiger partial charge in [-0.1, -0.05) is 54.1 Å². The van der Waals surface area contributed by atoms with E-state index >= 15 is 0 Å². The number of ether oxygens (including phenoxy) is 1. The van der Waals surface area contributed by atoms with Gasteiger partial charge in [0.15, 0.2) is 0 Å². The van der Waals surface area contributed by atoms with Gasteiger partial charge in [-0.15, -0.1) is 0 Å². The van der Waals surface area contributed by atoms with E-state index in [9.17, 15) is 4.79 Å². The predicted octanol–water partition coefficient (Wildman–Crippen LogP) is 4.96. The summed E-state index contributed by atoms with van der Waals surface area (Å²) in [7, 11) is 1.45. The van der Waals surface area contributed by atoms with Crippen molar-refractivity contribution in [1.82, 2.24) is 0 Å². The van der Waals surface area contributed by atoms with Crippen LogP contribution in [0.3, 0.4) is 0 Å². The number of hydrogen-bond acceptors (Lipinski definition) is 4. The molecule has 0 aliphatic heterocycles. The summed E-state index contributed by atoms with van der Waals surface area (Å²) >= 11 is 0. The van der Waals surface area contributed by atoms with Crippen LogP contribution >= 0.6 is 0 Å². The molecule has 0 saturated carbocycles. The molecule has 0 heterocycles. The van der Waals surface area contributed by atoms with Crippen LogP contribution < -0.4 is 4.74 Å². The third kappa shape index (κ3) is 4.57. The summed E-state index contributed by atoms with van der Waals surface area (Å²) in [5.74, 6) is 0.116. The van der Waals surface area contributed by atoms with Crippen LogP contribution in [-0.4, -0.2) is 13.1 Å². The molecule has 4 nitrogen and oxygen atoms in total. The Morgan fingerprint density at radius 1 is 0.808 bits per heavy atom. The molecule has 0 N–H and O–H groups in total. The molecule has 0 atom stereocenters. The number of rotatable bonds is 6. The van der Waals surface area contributed by atoms with Crippen LogP contribution in [-0.2, 0) is 16.4 Å². The standard InChI is InChI=1S/C22H20O4/c1-16-3-7-18(8-4-16)19-11-13-21(14-12-19)26-22(23)20-9-5-17(6-10-20)15-25-24-2/h3-14H,15H2,1-2H3. The maximum atomic E-state index is 12.3. The van der Waals surface area contributed by atoms with Gasteiger partial charge < -0.3 is 4.74 Å². The van der Waals surface area contributed by atoms with E-state index in [2.05, 4.69) is 36.1 Å². The molecule has 3 rings (SSSR count). The molecule has 132 valence electrons. The third-order valence-electron chi connectivity index (χ3n) is 3.98. The van der Waals surface area contributed by atoms with Crippen molar-refractivity contribution >= 4 is 5.97 Å². The average molecular weight is 348 g/mol. The highest BCUT2D eigenvalue weighted by Gasteiger charge is 2.09. The molecule has 0 aliphatic carbocycles. The average Bonchev–Trinajstić information content (AvgIpc) is 2.68. The quantitative estimate of drug-likeness (QED) is 0.273. The first-order valence-electron chi connectivity index (χ1n) is 8.29. The molecule has 0 aromatic heterocycles. The molecule has 0 unspecified atom stereocenters. The van der Waals surface area contributed by atoms with Gasteiger partial charge in [0.1, 0.15) is 12.4 Å². The molecular formula is C22H20O4. The highest BCUT2D eigenvalue weighted by Crippen LogP contribution is 2.23. The lowest BCUT2D eigenvalue weighted by atomic mass is 10.0. The molecule has 3 aromatic rings. The maximum absolute atomic E-state index is 12.3. The summed E-state index contributed by atoms with van der Waals surface area (Å²) < 4.78 is 5.44. The first-order chi connectivity index (χ1) is 12.7. The van der Waals surface area contributed by atoms with Crippen molar-refractivity contribution in [2.24, 2.45) is 0 Å². The molecule has 4 heteroatoms. The van der Waals surface area contributed by atoms with Gasteiger partial charge >= 0.3 is 5.97 Å². The fraction of sp³-hybridized carbons (Fsp3) is 0.136. The molecule has 26 heavy (non-hydrogen) atoms. The van der Waals surface area contributed by atoms with Crippen molar-refractivity contribution in [2.45, 2.75) is 13.5 Å². The predicted molar refractivity (Wildman–Crippen MR) is 99.8 cm³/mol. The van der Waals surface area contributed by atoms with Gasteiger partial charge in [-0.3, -0.25) is 0 Å². The number of esters is 1. The summed E-state index contributed by atoms with van der Waals surface area (Å²) in [6.45, 7) is 2.38. The summed E-state index contributed by atoms with van der Waals surface area (Å²) in [6, 6.07) is 22.8. The van der Waals surface area contributed by atoms with E-state index in [1.54, 1.807) is 36.4 Å². The SMILES string of the molecule is COOCc1ccc(C(=O)Oc2ccc(-c3ccc(C)cc3)cc2)cc1. The highest BCUT2D eigenvalue weighted by molar-refractivity contribution is 5.91. The minimum Gasteiger partial charge on any atom is -0.423 e. The van der Waals surface area contributed by atoms with Crippen LogP contribution in [0.25, 0.3) is 11.1 Å². The van der Waals surface area contributed by atoms with Gasteiger partial charge in [-0.2, -0.15) is 0 Å². The Labute approximate surface area is 152 Å². The first kappa shape index (κ1) is 17.9. The molecule has 0 aliphatic rings. The summed E-state index contributed by atoms with van der Waals surface area (Å²) in [5.41, 5.74) is 4.81. The molecular weight excluding hydrogens is 328 g/mol. The topological polar surface area (TPSA) is 44.8 Å². The van der Waals surface area contributed by atoms with Crippen molar-refractivity contribution < 1.29 is 19.3 Å². The Morgan fingerprint density at radius 3 is 1.96 bits per heavy atom. The van der Waals surface area contributed by atoms with E-state index in [1.165, 1.54) is 12.7 Å². The second kappa shape index (κ2) is 8.43. The number of carbonyl (C=O) groups excluding carboxylic acids is 1. The van der Waals surface area contributed by atoms with E-state index in [4.69, 9.17) is 9.62 Å². The smallest absolute Gasteiger partial charge is 0.343 e. The van der Waals surface area contributed by atoms with Gasteiger partial charge in [0, 0.05) is 0 Å². The Bertz CT molecular complexity index is 850. The Morgan fingerprint density at radius 2 is 1.38 bits per heavy atom. The van der Waals surface area contributed by atoms with Crippen LogP contribution in [0.2, 0.25) is 0 Å². The van der Waals surface area contributed by atoms with Crippen molar-refractivity contribution in [1.29, 1.82) is 0 Å². The van der Waals surface area contributed by atoms with Crippen LogP contribution in [0, 0.1) is 6.92 Å². The lowest BCUT2D eigenvalue weighted by Gasteiger charge is -2.07. The van der Waals surface area contributed by atoms with E-state index in [-0.39, 0.29) is 0 Å². The van der Waals surface area contributed by atoms with Gasteiger partial charge in [0.05, 0.1) is 12.7 Å². The normalized spacial score (nSPS) is 10.5. The zero-order valence-electron chi connectivity index (χ0n) is 14.8. The lowest BCUT2D eigenvalue weighted by molar-refractivity contribution is -0.282. The molecule has 3 aromatic carbocycles. The summed E-state index contributed by atoms with van der Waals surface area (Å²) in [6.07, 6.45) is 0. The number of aryl methyl sites for hydroxylation is 1. The number of benzene rings is 3. The maximum Gasteiger partial charge on any atom is 0.343 e. The molecule has 0 radical (unpaired) electrons. The zero-order chi connectivity index (χ0) is 18.4. The fourth-order valence-electron chi connectivity index (χ4n) is 2.49. The van der Waals surface area contributed by atoms with Crippen LogP contribution in [0.5, 0.6) is 5.75 Å². The third-order valence-corrected chi connectivity index (χ3v) is 3.98. The second-order valence-corrected chi connectivity index (χ2v) is 5.91. The largest absolute Gasteiger partial charge is 0.423 e. The van der Waals surface area contributed by atoms with Crippen molar-refractivity contribution in [3.8, 4) is 16.9 Å². The Balaban J connectivity index is 1.64. The monoisotopic (exact) mass is 348 g/mol.